The minimum Gasteiger partial charge on any atom is -0.444 e. The van der Waals surface area contributed by atoms with Crippen LogP contribution in [0.4, 0.5) is 4.79 Å². The number of hydrogen-bond acceptors (Lipinski definition) is 4. The predicted octanol–water partition coefficient (Wildman–Crippen LogP) is 3.05. The van der Waals surface area contributed by atoms with Gasteiger partial charge >= 0.3 is 6.09 Å². The number of H-pyrrole nitrogens is 1. The molecule has 0 bridgehead atoms. The fraction of sp³-hybridized carbons (Fsp3) is 0.476. The Bertz CT molecular complexity index is 780. The first-order valence-corrected chi connectivity index (χ1v) is 9.95. The summed E-state index contributed by atoms with van der Waals surface area (Å²) < 4.78 is 5.21. The first kappa shape index (κ1) is 22.3. The lowest BCUT2D eigenvalue weighted by Crippen LogP contribution is -2.39. The van der Waals surface area contributed by atoms with Crippen LogP contribution in [-0.4, -0.2) is 47.3 Å². The number of nitrogens with one attached hydrogen (secondary N) is 4. The molecule has 2 rings (SSSR count). The van der Waals surface area contributed by atoms with E-state index in [-0.39, 0.29) is 0 Å². The topological polar surface area (TPSA) is 103 Å². The second-order valence-corrected chi connectivity index (χ2v) is 7.51. The van der Waals surface area contributed by atoms with Crippen molar-refractivity contribution in [1.29, 1.82) is 0 Å². The first-order chi connectivity index (χ1) is 13.9. The molecule has 4 N–H and O–H groups in total. The second kappa shape index (κ2) is 11.1. The van der Waals surface area contributed by atoms with Crippen LogP contribution in [0.15, 0.2) is 41.5 Å². The van der Waals surface area contributed by atoms with E-state index in [2.05, 4.69) is 30.9 Å². The van der Waals surface area contributed by atoms with Crippen LogP contribution in [0.5, 0.6) is 0 Å². The average Bonchev–Trinajstić information content (AvgIpc) is 3.14. The number of nitrogens with zero attached hydrogens (tertiary/aromatic N) is 2. The molecule has 0 saturated heterocycles. The third-order valence-electron chi connectivity index (χ3n) is 3.76. The molecule has 1 aromatic heterocycles. The highest BCUT2D eigenvalue weighted by molar-refractivity contribution is 5.79. The molecule has 0 saturated carbocycles. The lowest BCUT2D eigenvalue weighted by molar-refractivity contribution is 0.0527. The van der Waals surface area contributed by atoms with E-state index in [1.807, 2.05) is 64.2 Å². The lowest BCUT2D eigenvalue weighted by Gasteiger charge is -2.19. The van der Waals surface area contributed by atoms with Gasteiger partial charge in [-0.25, -0.2) is 14.8 Å². The number of aromatic amines is 1. The van der Waals surface area contributed by atoms with Gasteiger partial charge in [0.05, 0.1) is 11.9 Å². The SMILES string of the molecule is CCNC(=NCc1ncc(-c2ccccc2)[nH]1)NCCCNC(=O)OC(C)(C)C. The van der Waals surface area contributed by atoms with Gasteiger partial charge in [0, 0.05) is 19.6 Å². The maximum Gasteiger partial charge on any atom is 0.407 e. The highest BCUT2D eigenvalue weighted by atomic mass is 16.6. The molecule has 0 aliphatic rings. The molecule has 1 aromatic carbocycles. The van der Waals surface area contributed by atoms with Gasteiger partial charge in [0.25, 0.3) is 0 Å². The first-order valence-electron chi connectivity index (χ1n) is 9.95. The molecule has 8 heteroatoms. The lowest BCUT2D eigenvalue weighted by atomic mass is 10.2. The summed E-state index contributed by atoms with van der Waals surface area (Å²) in [5, 5.41) is 9.21. The van der Waals surface area contributed by atoms with Gasteiger partial charge in [-0.05, 0) is 39.7 Å². The van der Waals surface area contributed by atoms with Crippen LogP contribution < -0.4 is 16.0 Å². The van der Waals surface area contributed by atoms with Crippen molar-refractivity contribution in [2.45, 2.75) is 46.3 Å². The van der Waals surface area contributed by atoms with E-state index < -0.39 is 11.7 Å². The van der Waals surface area contributed by atoms with Crippen LogP contribution in [0, 0.1) is 0 Å². The standard InChI is InChI=1S/C21H32N6O2/c1-5-22-19(23-12-9-13-24-20(28)29-21(2,3)4)26-15-18-25-14-17(27-18)16-10-7-6-8-11-16/h6-8,10-11,14H,5,9,12-13,15H2,1-4H3,(H,24,28)(H,25,27)(H2,22,23,26). The van der Waals surface area contributed by atoms with E-state index in [4.69, 9.17) is 4.74 Å². The molecule has 2 aromatic rings. The van der Waals surface area contributed by atoms with Crippen molar-refractivity contribution >= 4 is 12.1 Å². The Morgan fingerprint density at radius 2 is 1.86 bits per heavy atom. The molecule has 0 spiro atoms. The highest BCUT2D eigenvalue weighted by Gasteiger charge is 2.15. The number of imidazole rings is 1. The molecular weight excluding hydrogens is 368 g/mol. The normalized spacial score (nSPS) is 11.8. The zero-order valence-electron chi connectivity index (χ0n) is 17.7. The van der Waals surface area contributed by atoms with Crippen LogP contribution in [0.1, 0.15) is 39.9 Å². The molecule has 0 atom stereocenters. The number of benzene rings is 1. The number of rotatable bonds is 8. The van der Waals surface area contributed by atoms with Crippen molar-refractivity contribution < 1.29 is 9.53 Å². The van der Waals surface area contributed by atoms with Crippen LogP contribution in [0.2, 0.25) is 0 Å². The van der Waals surface area contributed by atoms with E-state index >= 15 is 0 Å². The Balaban J connectivity index is 1.77. The van der Waals surface area contributed by atoms with Gasteiger partial charge in [0.15, 0.2) is 5.96 Å². The second-order valence-electron chi connectivity index (χ2n) is 7.51. The number of carbonyl (C=O) groups excluding carboxylic acids is 1. The summed E-state index contributed by atoms with van der Waals surface area (Å²) in [5.41, 5.74) is 1.58. The van der Waals surface area contributed by atoms with E-state index in [0.717, 1.165) is 30.0 Å². The summed E-state index contributed by atoms with van der Waals surface area (Å²) in [6.07, 6.45) is 2.18. The molecule has 0 fully saturated rings. The largest absolute Gasteiger partial charge is 0.444 e. The van der Waals surface area contributed by atoms with Gasteiger partial charge in [-0.15, -0.1) is 0 Å². The zero-order valence-corrected chi connectivity index (χ0v) is 17.7. The molecule has 0 unspecified atom stereocenters. The highest BCUT2D eigenvalue weighted by Crippen LogP contribution is 2.16. The number of amides is 1. The van der Waals surface area contributed by atoms with Gasteiger partial charge in [-0.3, -0.25) is 0 Å². The minimum absolute atomic E-state index is 0.398. The van der Waals surface area contributed by atoms with Crippen molar-refractivity contribution in [3.63, 3.8) is 0 Å². The van der Waals surface area contributed by atoms with Crippen molar-refractivity contribution in [2.24, 2.45) is 4.99 Å². The molecule has 1 amide bonds. The number of guanidine groups is 1. The number of alkyl carbamates (subject to hydrolysis) is 1. The molecule has 0 radical (unpaired) electrons. The van der Waals surface area contributed by atoms with E-state index in [9.17, 15) is 4.79 Å². The molecule has 0 aliphatic heterocycles. The van der Waals surface area contributed by atoms with E-state index in [1.54, 1.807) is 0 Å². The predicted molar refractivity (Wildman–Crippen MR) is 116 cm³/mol. The third kappa shape index (κ3) is 8.68. The van der Waals surface area contributed by atoms with Gasteiger partial charge in [-0.2, -0.15) is 0 Å². The van der Waals surface area contributed by atoms with Crippen LogP contribution in [-0.2, 0) is 11.3 Å². The molecule has 0 aliphatic carbocycles. The number of aromatic nitrogens is 2. The van der Waals surface area contributed by atoms with E-state index in [1.165, 1.54) is 0 Å². The Labute approximate surface area is 172 Å². The Kier molecular flexibility index (Phi) is 8.51. The number of ether oxygens (including phenoxy) is 1. The Hall–Kier alpha value is -3.03. The number of carbonyl (C=O) groups is 1. The molecular formula is C21H32N6O2. The molecule has 1 heterocycles. The van der Waals surface area contributed by atoms with Gasteiger partial charge < -0.3 is 25.7 Å². The monoisotopic (exact) mass is 400 g/mol. The number of aliphatic imine (C=N–C) groups is 1. The van der Waals surface area contributed by atoms with Crippen molar-refractivity contribution in [2.75, 3.05) is 19.6 Å². The van der Waals surface area contributed by atoms with Gasteiger partial charge in [-0.1, -0.05) is 30.3 Å². The maximum atomic E-state index is 11.6. The third-order valence-corrected chi connectivity index (χ3v) is 3.76. The quantitative estimate of drug-likeness (QED) is 0.310. The fourth-order valence-corrected chi connectivity index (χ4v) is 2.50. The van der Waals surface area contributed by atoms with E-state index in [0.29, 0.717) is 25.6 Å². The van der Waals surface area contributed by atoms with Gasteiger partial charge in [0.2, 0.25) is 0 Å². The van der Waals surface area contributed by atoms with Crippen molar-refractivity contribution in [3.8, 4) is 11.3 Å². The van der Waals surface area contributed by atoms with Crippen LogP contribution in [0.25, 0.3) is 11.3 Å². The van der Waals surface area contributed by atoms with Crippen LogP contribution >= 0.6 is 0 Å². The summed E-state index contributed by atoms with van der Waals surface area (Å²) >= 11 is 0. The van der Waals surface area contributed by atoms with Crippen molar-refractivity contribution in [1.82, 2.24) is 25.9 Å². The maximum absolute atomic E-state index is 11.6. The fourth-order valence-electron chi connectivity index (χ4n) is 2.50. The summed E-state index contributed by atoms with van der Waals surface area (Å²) in [4.78, 5) is 23.9. The molecule has 29 heavy (non-hydrogen) atoms. The number of hydrogen-bond donors (Lipinski definition) is 4. The zero-order chi connectivity index (χ0) is 21.1. The van der Waals surface area contributed by atoms with Crippen LogP contribution in [0.3, 0.4) is 0 Å². The molecule has 158 valence electrons. The smallest absolute Gasteiger partial charge is 0.407 e. The molecule has 8 nitrogen and oxygen atoms in total. The summed E-state index contributed by atoms with van der Waals surface area (Å²) in [5.74, 6) is 1.51. The minimum atomic E-state index is -0.487. The Morgan fingerprint density at radius 1 is 1.14 bits per heavy atom. The van der Waals surface area contributed by atoms with Gasteiger partial charge in [0.1, 0.15) is 18.0 Å². The summed E-state index contributed by atoms with van der Waals surface area (Å²) in [6.45, 7) is 9.95. The summed E-state index contributed by atoms with van der Waals surface area (Å²) in [7, 11) is 0. The Morgan fingerprint density at radius 3 is 2.55 bits per heavy atom. The van der Waals surface area contributed by atoms with Crippen molar-refractivity contribution in [3.05, 3.63) is 42.4 Å². The summed E-state index contributed by atoms with van der Waals surface area (Å²) in [6, 6.07) is 10.1. The average molecular weight is 401 g/mol.